The first-order chi connectivity index (χ1) is 9.81. The molecule has 5 heteroatoms. The van der Waals surface area contributed by atoms with Crippen LogP contribution in [0.3, 0.4) is 0 Å². The zero-order chi connectivity index (χ0) is 16.0. The Morgan fingerprint density at radius 2 is 1.76 bits per heavy atom. The van der Waals surface area contributed by atoms with Crippen LogP contribution in [0.5, 0.6) is 0 Å². The van der Waals surface area contributed by atoms with Gasteiger partial charge in [-0.3, -0.25) is 9.59 Å². The van der Waals surface area contributed by atoms with E-state index in [-0.39, 0.29) is 6.61 Å². The summed E-state index contributed by atoms with van der Waals surface area (Å²) in [6.45, 7) is 5.72. The minimum absolute atomic E-state index is 0.316. The molecule has 0 bridgehead atoms. The molecular weight excluding hydrogens is 270 g/mol. The third-order valence-corrected chi connectivity index (χ3v) is 3.20. The lowest BCUT2D eigenvalue weighted by atomic mass is 9.97. The van der Waals surface area contributed by atoms with E-state index in [1.165, 1.54) is 5.56 Å². The van der Waals surface area contributed by atoms with Crippen LogP contribution in [-0.4, -0.2) is 29.7 Å². The maximum atomic E-state index is 11.9. The number of hydrogen-bond donors (Lipinski definition) is 2. The summed E-state index contributed by atoms with van der Waals surface area (Å²) in [6.07, 6.45) is 0.993. The number of benzene rings is 1. The van der Waals surface area contributed by atoms with E-state index in [9.17, 15) is 9.59 Å². The molecule has 0 aliphatic carbocycles. The van der Waals surface area contributed by atoms with Crippen molar-refractivity contribution in [1.82, 2.24) is 0 Å². The fourth-order valence-corrected chi connectivity index (χ4v) is 1.92. The lowest BCUT2D eigenvalue weighted by molar-refractivity contribution is -0.148. The average molecular weight is 293 g/mol. The maximum absolute atomic E-state index is 11.9. The first-order valence-electron chi connectivity index (χ1n) is 7.05. The third-order valence-electron chi connectivity index (χ3n) is 3.20. The largest absolute Gasteiger partial charge is 0.480 e. The second kappa shape index (κ2) is 7.78. The van der Waals surface area contributed by atoms with Gasteiger partial charge in [-0.25, -0.2) is 0 Å². The highest BCUT2D eigenvalue weighted by Crippen LogP contribution is 2.18. The number of carbonyl (C=O) groups is 2. The minimum Gasteiger partial charge on any atom is -0.480 e. The van der Waals surface area contributed by atoms with Crippen LogP contribution in [0, 0.1) is 5.92 Å². The molecule has 1 unspecified atom stereocenters. The van der Waals surface area contributed by atoms with Crippen LogP contribution >= 0.6 is 0 Å². The monoisotopic (exact) mass is 293 g/mol. The Bertz CT molecular complexity index is 482. The number of carboxylic acid groups (broad SMARTS) is 1. The van der Waals surface area contributed by atoms with E-state index in [1.807, 2.05) is 24.3 Å². The number of nitrogens with two attached hydrogens (primary N) is 1. The second-order valence-electron chi connectivity index (χ2n) is 5.64. The van der Waals surface area contributed by atoms with Gasteiger partial charge in [-0.15, -0.1) is 0 Å². The van der Waals surface area contributed by atoms with Gasteiger partial charge >= 0.3 is 11.9 Å². The lowest BCUT2D eigenvalue weighted by Gasteiger charge is -2.14. The Morgan fingerprint density at radius 3 is 2.24 bits per heavy atom. The van der Waals surface area contributed by atoms with Gasteiger partial charge in [-0.1, -0.05) is 38.1 Å². The highest BCUT2D eigenvalue weighted by molar-refractivity contribution is 5.78. The van der Waals surface area contributed by atoms with Gasteiger partial charge in [0.25, 0.3) is 0 Å². The predicted molar refractivity (Wildman–Crippen MR) is 80.0 cm³/mol. The Balaban J connectivity index is 2.59. The number of rotatable bonds is 7. The molecule has 1 aromatic rings. The number of carbonyl (C=O) groups excluding carboxylic acids is 1. The van der Waals surface area contributed by atoms with E-state index in [1.54, 1.807) is 6.92 Å². The molecular formula is C16H23NO4. The molecule has 0 spiro atoms. The van der Waals surface area contributed by atoms with Crippen molar-refractivity contribution in [3.63, 3.8) is 0 Å². The Hall–Kier alpha value is -1.88. The molecule has 0 radical (unpaired) electrons. The molecule has 0 amide bonds. The van der Waals surface area contributed by atoms with E-state index < -0.39 is 23.9 Å². The van der Waals surface area contributed by atoms with Gasteiger partial charge < -0.3 is 15.6 Å². The van der Waals surface area contributed by atoms with Gasteiger partial charge in [0.2, 0.25) is 0 Å². The predicted octanol–water partition coefficient (Wildman–Crippen LogP) is 1.94. The standard InChI is InChI=1S/C16H23NO4/c1-10(2)8-12-4-6-13(7-5-12)11(3)16(20)21-9-14(17)15(18)19/h4-7,10-11,14H,8-9,17H2,1-3H3,(H,18,19)/t11?,14-/m0/s1. The lowest BCUT2D eigenvalue weighted by Crippen LogP contribution is -2.36. The van der Waals surface area contributed by atoms with Crippen molar-refractivity contribution in [2.75, 3.05) is 6.61 Å². The molecule has 0 aromatic heterocycles. The molecule has 116 valence electrons. The van der Waals surface area contributed by atoms with Crippen LogP contribution in [-0.2, 0) is 20.7 Å². The van der Waals surface area contributed by atoms with Crippen LogP contribution in [0.1, 0.15) is 37.8 Å². The SMILES string of the molecule is CC(C)Cc1ccc(C(C)C(=O)OC[C@H](N)C(=O)O)cc1. The van der Waals surface area contributed by atoms with Crippen LogP contribution in [0.2, 0.25) is 0 Å². The van der Waals surface area contributed by atoms with Crippen LogP contribution in [0.4, 0.5) is 0 Å². The van der Waals surface area contributed by atoms with Crippen molar-refractivity contribution in [1.29, 1.82) is 0 Å². The second-order valence-corrected chi connectivity index (χ2v) is 5.64. The summed E-state index contributed by atoms with van der Waals surface area (Å²) >= 11 is 0. The molecule has 0 fully saturated rings. The van der Waals surface area contributed by atoms with E-state index in [0.29, 0.717) is 5.92 Å². The molecule has 2 atom stereocenters. The van der Waals surface area contributed by atoms with E-state index in [2.05, 4.69) is 13.8 Å². The van der Waals surface area contributed by atoms with Crippen LogP contribution in [0.15, 0.2) is 24.3 Å². The van der Waals surface area contributed by atoms with Crippen molar-refractivity contribution >= 4 is 11.9 Å². The fraction of sp³-hybridized carbons (Fsp3) is 0.500. The average Bonchev–Trinajstić information content (AvgIpc) is 2.43. The summed E-state index contributed by atoms with van der Waals surface area (Å²) in [6, 6.07) is 6.63. The summed E-state index contributed by atoms with van der Waals surface area (Å²) in [4.78, 5) is 22.4. The van der Waals surface area contributed by atoms with Gasteiger partial charge in [-0.05, 0) is 30.4 Å². The molecule has 21 heavy (non-hydrogen) atoms. The van der Waals surface area contributed by atoms with Crippen LogP contribution in [0.25, 0.3) is 0 Å². The fourth-order valence-electron chi connectivity index (χ4n) is 1.92. The molecule has 1 aromatic carbocycles. The Morgan fingerprint density at radius 1 is 1.19 bits per heavy atom. The molecule has 0 aliphatic rings. The van der Waals surface area contributed by atoms with Gasteiger partial charge in [0, 0.05) is 0 Å². The number of ether oxygens (including phenoxy) is 1. The molecule has 1 rings (SSSR count). The smallest absolute Gasteiger partial charge is 0.324 e. The molecule has 0 saturated carbocycles. The summed E-state index contributed by atoms with van der Waals surface area (Å²) < 4.78 is 4.93. The van der Waals surface area contributed by atoms with Gasteiger partial charge in [0.15, 0.2) is 0 Å². The maximum Gasteiger partial charge on any atom is 0.324 e. The Kier molecular flexibility index (Phi) is 6.37. The van der Waals surface area contributed by atoms with Gasteiger partial charge in [0.05, 0.1) is 5.92 Å². The number of hydrogen-bond acceptors (Lipinski definition) is 4. The molecule has 5 nitrogen and oxygen atoms in total. The normalized spacial score (nSPS) is 13.8. The first kappa shape index (κ1) is 17.2. The highest BCUT2D eigenvalue weighted by Gasteiger charge is 2.20. The van der Waals surface area contributed by atoms with Crippen molar-refractivity contribution < 1.29 is 19.4 Å². The zero-order valence-corrected chi connectivity index (χ0v) is 12.7. The zero-order valence-electron chi connectivity index (χ0n) is 12.7. The number of esters is 1. The minimum atomic E-state index is -1.19. The highest BCUT2D eigenvalue weighted by atomic mass is 16.5. The summed E-state index contributed by atoms with van der Waals surface area (Å²) in [5.41, 5.74) is 7.36. The summed E-state index contributed by atoms with van der Waals surface area (Å²) in [5.74, 6) is -1.52. The first-order valence-corrected chi connectivity index (χ1v) is 7.05. The molecule has 3 N–H and O–H groups in total. The van der Waals surface area contributed by atoms with Crippen molar-refractivity contribution in [2.45, 2.75) is 39.2 Å². The number of carboxylic acids is 1. The van der Waals surface area contributed by atoms with Crippen molar-refractivity contribution in [3.05, 3.63) is 35.4 Å². The topological polar surface area (TPSA) is 89.6 Å². The van der Waals surface area contributed by atoms with E-state index >= 15 is 0 Å². The summed E-state index contributed by atoms with van der Waals surface area (Å²) in [7, 11) is 0. The van der Waals surface area contributed by atoms with Gasteiger partial charge in [0.1, 0.15) is 12.6 Å². The van der Waals surface area contributed by atoms with Gasteiger partial charge in [-0.2, -0.15) is 0 Å². The van der Waals surface area contributed by atoms with E-state index in [0.717, 1.165) is 12.0 Å². The summed E-state index contributed by atoms with van der Waals surface area (Å²) in [5, 5.41) is 8.64. The molecule has 0 heterocycles. The molecule has 0 saturated heterocycles. The van der Waals surface area contributed by atoms with Crippen LogP contribution < -0.4 is 5.73 Å². The van der Waals surface area contributed by atoms with E-state index in [4.69, 9.17) is 15.6 Å². The van der Waals surface area contributed by atoms with Crippen molar-refractivity contribution in [3.8, 4) is 0 Å². The molecule has 0 aliphatic heterocycles. The number of aliphatic carboxylic acids is 1. The Labute approximate surface area is 125 Å². The van der Waals surface area contributed by atoms with Crippen molar-refractivity contribution in [2.24, 2.45) is 11.7 Å². The third kappa shape index (κ3) is 5.55. The quantitative estimate of drug-likeness (QED) is 0.750.